The summed E-state index contributed by atoms with van der Waals surface area (Å²) in [4.78, 5) is 23.1. The van der Waals surface area contributed by atoms with Crippen molar-refractivity contribution >= 4 is 17.6 Å². The maximum absolute atomic E-state index is 12.1. The van der Waals surface area contributed by atoms with E-state index >= 15 is 0 Å². The van der Waals surface area contributed by atoms with Gasteiger partial charge in [-0.15, -0.1) is 0 Å². The van der Waals surface area contributed by atoms with Gasteiger partial charge < -0.3 is 19.9 Å². The number of hydrogen-bond acceptors (Lipinski definition) is 4. The molecule has 0 radical (unpaired) electrons. The highest BCUT2D eigenvalue weighted by Gasteiger charge is 2.18. The standard InChI is InChI=1S/C15H21NO5/c1-5-12(20-4)14(17)16-11-8-10(15(18)19)6-7-13(11)21-9(2)3/h6-9,12H,5H2,1-4H3,(H,16,17)(H,18,19). The van der Waals surface area contributed by atoms with Gasteiger partial charge in [-0.1, -0.05) is 6.92 Å². The van der Waals surface area contributed by atoms with Gasteiger partial charge in [-0.25, -0.2) is 4.79 Å². The number of carboxylic acid groups (broad SMARTS) is 1. The first kappa shape index (κ1) is 17.0. The van der Waals surface area contributed by atoms with Crippen molar-refractivity contribution in [2.75, 3.05) is 12.4 Å². The molecule has 1 aromatic carbocycles. The van der Waals surface area contributed by atoms with E-state index in [0.717, 1.165) is 0 Å². The number of carbonyl (C=O) groups excluding carboxylic acids is 1. The average Bonchev–Trinajstić information content (AvgIpc) is 2.41. The Morgan fingerprint density at radius 2 is 2.00 bits per heavy atom. The molecule has 2 N–H and O–H groups in total. The van der Waals surface area contributed by atoms with Crippen molar-refractivity contribution in [3.8, 4) is 5.75 Å². The number of carbonyl (C=O) groups is 2. The van der Waals surface area contributed by atoms with Crippen LogP contribution >= 0.6 is 0 Å². The summed E-state index contributed by atoms with van der Waals surface area (Å²) in [6.07, 6.45) is -0.174. The SMILES string of the molecule is CCC(OC)C(=O)Nc1cc(C(=O)O)ccc1OC(C)C. The summed E-state index contributed by atoms with van der Waals surface area (Å²) < 4.78 is 10.6. The Balaban J connectivity index is 3.07. The Morgan fingerprint density at radius 1 is 1.33 bits per heavy atom. The lowest BCUT2D eigenvalue weighted by molar-refractivity contribution is -0.125. The molecule has 1 unspecified atom stereocenters. The van der Waals surface area contributed by atoms with Crippen molar-refractivity contribution < 1.29 is 24.2 Å². The summed E-state index contributed by atoms with van der Waals surface area (Å²) in [6, 6.07) is 4.34. The Labute approximate surface area is 124 Å². The predicted molar refractivity (Wildman–Crippen MR) is 78.9 cm³/mol. The lowest BCUT2D eigenvalue weighted by atomic mass is 10.1. The summed E-state index contributed by atoms with van der Waals surface area (Å²) in [6.45, 7) is 5.52. The first-order chi connectivity index (χ1) is 9.88. The molecule has 116 valence electrons. The number of hydrogen-bond donors (Lipinski definition) is 2. The van der Waals surface area contributed by atoms with Gasteiger partial charge in [0, 0.05) is 7.11 Å². The van der Waals surface area contributed by atoms with E-state index in [4.69, 9.17) is 14.6 Å². The van der Waals surface area contributed by atoms with Gasteiger partial charge in [0.1, 0.15) is 11.9 Å². The highest BCUT2D eigenvalue weighted by atomic mass is 16.5. The van der Waals surface area contributed by atoms with Crippen LogP contribution in [0.5, 0.6) is 5.75 Å². The molecule has 0 aromatic heterocycles. The normalized spacial score (nSPS) is 12.0. The zero-order valence-electron chi connectivity index (χ0n) is 12.7. The lowest BCUT2D eigenvalue weighted by Gasteiger charge is -2.18. The number of benzene rings is 1. The molecule has 0 saturated heterocycles. The fraction of sp³-hybridized carbons (Fsp3) is 0.467. The molecule has 6 nitrogen and oxygen atoms in total. The third kappa shape index (κ3) is 4.75. The van der Waals surface area contributed by atoms with E-state index in [0.29, 0.717) is 17.9 Å². The van der Waals surface area contributed by atoms with E-state index in [1.54, 1.807) is 0 Å². The van der Waals surface area contributed by atoms with Gasteiger partial charge in [-0.3, -0.25) is 4.79 Å². The second-order valence-corrected chi connectivity index (χ2v) is 4.80. The van der Waals surface area contributed by atoms with Gasteiger partial charge in [0.15, 0.2) is 0 Å². The second-order valence-electron chi connectivity index (χ2n) is 4.80. The molecule has 1 aromatic rings. The summed E-state index contributed by atoms with van der Waals surface area (Å²) >= 11 is 0. The van der Waals surface area contributed by atoms with Crippen LogP contribution in [0.25, 0.3) is 0 Å². The van der Waals surface area contributed by atoms with Crippen molar-refractivity contribution in [2.45, 2.75) is 39.4 Å². The molecule has 0 aliphatic rings. The van der Waals surface area contributed by atoms with Crippen LogP contribution in [0, 0.1) is 0 Å². The van der Waals surface area contributed by atoms with Crippen molar-refractivity contribution in [3.05, 3.63) is 23.8 Å². The van der Waals surface area contributed by atoms with E-state index in [1.807, 2.05) is 20.8 Å². The van der Waals surface area contributed by atoms with E-state index in [9.17, 15) is 9.59 Å². The van der Waals surface area contributed by atoms with Gasteiger partial charge in [-0.05, 0) is 38.5 Å². The van der Waals surface area contributed by atoms with Crippen molar-refractivity contribution in [1.82, 2.24) is 0 Å². The number of rotatable bonds is 7. The highest BCUT2D eigenvalue weighted by Crippen LogP contribution is 2.27. The first-order valence-corrected chi connectivity index (χ1v) is 6.76. The molecule has 6 heteroatoms. The van der Waals surface area contributed by atoms with Crippen LogP contribution in [-0.2, 0) is 9.53 Å². The van der Waals surface area contributed by atoms with E-state index in [2.05, 4.69) is 5.32 Å². The van der Waals surface area contributed by atoms with Crippen LogP contribution < -0.4 is 10.1 Å². The van der Waals surface area contributed by atoms with Gasteiger partial charge in [0.05, 0.1) is 17.4 Å². The molecule has 0 spiro atoms. The zero-order chi connectivity index (χ0) is 16.0. The predicted octanol–water partition coefficient (Wildman–Crippen LogP) is 2.54. The number of amides is 1. The Bertz CT molecular complexity index is 509. The molecule has 0 aliphatic heterocycles. The van der Waals surface area contributed by atoms with Gasteiger partial charge in [0.2, 0.25) is 0 Å². The molecular weight excluding hydrogens is 274 g/mol. The number of ether oxygens (including phenoxy) is 2. The van der Waals surface area contributed by atoms with Crippen molar-refractivity contribution in [1.29, 1.82) is 0 Å². The van der Waals surface area contributed by atoms with Crippen LogP contribution in [-0.4, -0.2) is 36.3 Å². The monoisotopic (exact) mass is 295 g/mol. The van der Waals surface area contributed by atoms with Gasteiger partial charge in [-0.2, -0.15) is 0 Å². The Hall–Kier alpha value is -2.08. The Kier molecular flexibility index (Phi) is 6.17. The second kappa shape index (κ2) is 7.64. The van der Waals surface area contributed by atoms with Crippen LogP contribution in [0.1, 0.15) is 37.6 Å². The van der Waals surface area contributed by atoms with E-state index in [-0.39, 0.29) is 17.6 Å². The molecule has 21 heavy (non-hydrogen) atoms. The van der Waals surface area contributed by atoms with Crippen molar-refractivity contribution in [3.63, 3.8) is 0 Å². The highest BCUT2D eigenvalue weighted by molar-refractivity contribution is 5.97. The quantitative estimate of drug-likeness (QED) is 0.807. The molecule has 0 aliphatic carbocycles. The zero-order valence-corrected chi connectivity index (χ0v) is 12.7. The van der Waals surface area contributed by atoms with Crippen LogP contribution in [0.4, 0.5) is 5.69 Å². The Morgan fingerprint density at radius 3 is 2.48 bits per heavy atom. The molecule has 0 bridgehead atoms. The number of methoxy groups -OCH3 is 1. The van der Waals surface area contributed by atoms with Crippen LogP contribution in [0.15, 0.2) is 18.2 Å². The minimum Gasteiger partial charge on any atom is -0.489 e. The van der Waals surface area contributed by atoms with Gasteiger partial charge in [0.25, 0.3) is 5.91 Å². The summed E-state index contributed by atoms with van der Waals surface area (Å²) in [5, 5.41) is 11.7. The minimum absolute atomic E-state index is 0.0758. The summed E-state index contributed by atoms with van der Waals surface area (Å²) in [5.41, 5.74) is 0.399. The summed E-state index contributed by atoms with van der Waals surface area (Å²) in [5.74, 6) is -0.981. The molecule has 0 heterocycles. The molecule has 0 saturated carbocycles. The minimum atomic E-state index is -1.07. The third-order valence-electron chi connectivity index (χ3n) is 2.79. The topological polar surface area (TPSA) is 84.9 Å². The molecule has 1 rings (SSSR count). The van der Waals surface area contributed by atoms with Crippen molar-refractivity contribution in [2.24, 2.45) is 0 Å². The lowest BCUT2D eigenvalue weighted by Crippen LogP contribution is -2.29. The smallest absolute Gasteiger partial charge is 0.335 e. The fourth-order valence-corrected chi connectivity index (χ4v) is 1.79. The van der Waals surface area contributed by atoms with E-state index < -0.39 is 12.1 Å². The molecule has 1 atom stereocenters. The number of carboxylic acids is 1. The summed E-state index contributed by atoms with van der Waals surface area (Å²) in [7, 11) is 1.45. The maximum atomic E-state index is 12.1. The number of anilines is 1. The third-order valence-corrected chi connectivity index (χ3v) is 2.79. The van der Waals surface area contributed by atoms with Gasteiger partial charge >= 0.3 is 5.97 Å². The van der Waals surface area contributed by atoms with Crippen LogP contribution in [0.3, 0.4) is 0 Å². The molecular formula is C15H21NO5. The fourth-order valence-electron chi connectivity index (χ4n) is 1.79. The number of aromatic carboxylic acids is 1. The first-order valence-electron chi connectivity index (χ1n) is 6.76. The molecule has 1 amide bonds. The van der Waals surface area contributed by atoms with Crippen LogP contribution in [0.2, 0.25) is 0 Å². The maximum Gasteiger partial charge on any atom is 0.335 e. The molecule has 0 fully saturated rings. The number of nitrogens with one attached hydrogen (secondary N) is 1. The largest absolute Gasteiger partial charge is 0.489 e. The van der Waals surface area contributed by atoms with E-state index in [1.165, 1.54) is 25.3 Å². The average molecular weight is 295 g/mol.